The summed E-state index contributed by atoms with van der Waals surface area (Å²) in [5.41, 5.74) is 13.3. The maximum absolute atomic E-state index is 7.80. The molecular formula is C54H34N4O. The first-order valence-corrected chi connectivity index (χ1v) is 19.7. The van der Waals surface area contributed by atoms with Crippen molar-refractivity contribution in [2.75, 3.05) is 0 Å². The van der Waals surface area contributed by atoms with Crippen LogP contribution >= 0.6 is 0 Å². The molecule has 0 unspecified atom stereocenters. The van der Waals surface area contributed by atoms with Gasteiger partial charge in [0.1, 0.15) is 11.5 Å². The van der Waals surface area contributed by atoms with Gasteiger partial charge in [-0.3, -0.25) is 4.98 Å². The minimum atomic E-state index is -0.740. The predicted molar refractivity (Wildman–Crippen MR) is 237 cm³/mol. The van der Waals surface area contributed by atoms with Crippen molar-refractivity contribution >= 4 is 27.5 Å². The third kappa shape index (κ3) is 5.54. The molecule has 0 radical (unpaired) electrons. The van der Waals surface area contributed by atoms with E-state index in [1.807, 2.05) is 42.6 Å². The highest BCUT2D eigenvalue weighted by Crippen LogP contribution is 2.56. The quantitative estimate of drug-likeness (QED) is 0.159. The molecule has 0 N–H and O–H groups in total. The molecule has 59 heavy (non-hydrogen) atoms. The summed E-state index contributed by atoms with van der Waals surface area (Å²) in [7, 11) is 0. The Balaban J connectivity index is 1.14. The average molecular weight is 755 g/mol. The normalized spacial score (nSPS) is 12.7. The average Bonchev–Trinajstić information content (AvgIpc) is 3.64. The van der Waals surface area contributed by atoms with Crippen LogP contribution in [0.2, 0.25) is 0 Å². The van der Waals surface area contributed by atoms with Crippen molar-refractivity contribution in [3.8, 4) is 50.8 Å². The van der Waals surface area contributed by atoms with Gasteiger partial charge in [0.15, 0.2) is 5.69 Å². The van der Waals surface area contributed by atoms with Crippen LogP contribution in [0.15, 0.2) is 207 Å². The lowest BCUT2D eigenvalue weighted by molar-refractivity contribution is 0.435. The molecule has 1 aliphatic rings. The number of pyridine rings is 2. The number of ether oxygens (including phenoxy) is 1. The molecule has 10 aromatic rings. The topological polar surface area (TPSA) is 44.3 Å². The fourth-order valence-corrected chi connectivity index (χ4v) is 8.98. The first-order valence-electron chi connectivity index (χ1n) is 19.7. The zero-order valence-corrected chi connectivity index (χ0v) is 31.8. The highest BCUT2D eigenvalue weighted by atomic mass is 16.5. The van der Waals surface area contributed by atoms with Crippen LogP contribution in [0.5, 0.6) is 11.5 Å². The van der Waals surface area contributed by atoms with Crippen LogP contribution in [-0.4, -0.2) is 14.5 Å². The summed E-state index contributed by atoms with van der Waals surface area (Å²) >= 11 is 0. The largest absolute Gasteiger partial charge is 0.457 e. The van der Waals surface area contributed by atoms with Crippen LogP contribution in [0, 0.1) is 6.57 Å². The zero-order valence-electron chi connectivity index (χ0n) is 31.8. The third-order valence-electron chi connectivity index (χ3n) is 11.6. The monoisotopic (exact) mass is 754 g/mol. The molecule has 0 atom stereocenters. The lowest BCUT2D eigenvalue weighted by Gasteiger charge is -2.42. The van der Waals surface area contributed by atoms with E-state index in [2.05, 4.69) is 172 Å². The Bertz CT molecular complexity index is 3200. The van der Waals surface area contributed by atoms with Crippen molar-refractivity contribution in [3.63, 3.8) is 0 Å². The zero-order chi connectivity index (χ0) is 39.3. The smallest absolute Gasteiger partial charge is 0.188 e. The minimum Gasteiger partial charge on any atom is -0.457 e. The van der Waals surface area contributed by atoms with Gasteiger partial charge in [0.25, 0.3) is 0 Å². The Morgan fingerprint density at radius 3 is 1.73 bits per heavy atom. The second kappa shape index (κ2) is 13.8. The first kappa shape index (κ1) is 34.2. The van der Waals surface area contributed by atoms with Gasteiger partial charge in [-0.05, 0) is 119 Å². The fourth-order valence-electron chi connectivity index (χ4n) is 8.98. The van der Waals surface area contributed by atoms with E-state index < -0.39 is 5.41 Å². The summed E-state index contributed by atoms with van der Waals surface area (Å²) in [6.07, 6.45) is 3.63. The summed E-state index contributed by atoms with van der Waals surface area (Å²) in [5.74, 6) is 1.61. The summed E-state index contributed by atoms with van der Waals surface area (Å²) in [5, 5.41) is 2.14. The molecule has 0 saturated heterocycles. The van der Waals surface area contributed by atoms with Gasteiger partial charge >= 0.3 is 0 Å². The molecule has 0 amide bonds. The molecule has 0 saturated carbocycles. The lowest BCUT2D eigenvalue weighted by atomic mass is 9.63. The van der Waals surface area contributed by atoms with Crippen LogP contribution in [-0.2, 0) is 5.41 Å². The third-order valence-corrected chi connectivity index (χ3v) is 11.6. The Hall–Kier alpha value is -8.07. The second-order valence-corrected chi connectivity index (χ2v) is 14.9. The molecule has 0 spiro atoms. The van der Waals surface area contributed by atoms with Crippen LogP contribution in [0.3, 0.4) is 0 Å². The molecule has 0 fully saturated rings. The van der Waals surface area contributed by atoms with Crippen molar-refractivity contribution in [1.29, 1.82) is 0 Å². The van der Waals surface area contributed by atoms with E-state index in [4.69, 9.17) is 16.3 Å². The predicted octanol–water partition coefficient (Wildman–Crippen LogP) is 13.6. The van der Waals surface area contributed by atoms with Gasteiger partial charge < -0.3 is 9.30 Å². The van der Waals surface area contributed by atoms with Crippen LogP contribution in [0.1, 0.15) is 22.3 Å². The molecule has 4 heterocycles. The number of benzene rings is 7. The van der Waals surface area contributed by atoms with Crippen molar-refractivity contribution in [3.05, 3.63) is 240 Å². The van der Waals surface area contributed by atoms with Gasteiger partial charge in [-0.15, -0.1) is 0 Å². The minimum absolute atomic E-state index is 0.619. The van der Waals surface area contributed by atoms with Crippen molar-refractivity contribution in [1.82, 2.24) is 14.5 Å². The number of fused-ring (bicyclic) bond motifs is 5. The van der Waals surface area contributed by atoms with Crippen LogP contribution in [0.25, 0.3) is 66.0 Å². The molecular weight excluding hydrogens is 721 g/mol. The van der Waals surface area contributed by atoms with E-state index in [-0.39, 0.29) is 0 Å². The standard InChI is InChI=1S/C54H34N4O/c1-55-42-25-27-51-45(34-42)44-31-36(22-26-50(44)58(51)43-18-9-4-10-19-43)37-23-28-52-46(32-37)54(40-14-5-2-6-15-40,41-16-7-3-8-17-41)47-33-38(24-29-53(47)59-52)48-20-11-21-49(57-48)39-13-12-30-56-35-39/h2-35H. The molecule has 1 aliphatic heterocycles. The van der Waals surface area contributed by atoms with E-state index in [0.717, 1.165) is 94.9 Å². The van der Waals surface area contributed by atoms with Crippen molar-refractivity contribution in [2.45, 2.75) is 5.41 Å². The molecule has 3 aromatic heterocycles. The molecule has 276 valence electrons. The molecule has 5 nitrogen and oxygen atoms in total. The highest BCUT2D eigenvalue weighted by Gasteiger charge is 2.45. The Morgan fingerprint density at radius 1 is 0.492 bits per heavy atom. The summed E-state index contributed by atoms with van der Waals surface area (Å²) in [6.45, 7) is 7.80. The van der Waals surface area contributed by atoms with Gasteiger partial charge in [-0.1, -0.05) is 103 Å². The van der Waals surface area contributed by atoms with E-state index >= 15 is 0 Å². The van der Waals surface area contributed by atoms with Gasteiger partial charge in [-0.25, -0.2) is 9.83 Å². The van der Waals surface area contributed by atoms with E-state index in [1.165, 1.54) is 0 Å². The van der Waals surface area contributed by atoms with Gasteiger partial charge in [0.2, 0.25) is 0 Å². The number of hydrogen-bond donors (Lipinski definition) is 0. The van der Waals surface area contributed by atoms with E-state index in [9.17, 15) is 0 Å². The summed E-state index contributed by atoms with van der Waals surface area (Å²) in [6, 6.07) is 67.8. The van der Waals surface area contributed by atoms with Crippen molar-refractivity contribution < 1.29 is 4.74 Å². The van der Waals surface area contributed by atoms with Crippen LogP contribution < -0.4 is 4.74 Å². The highest BCUT2D eigenvalue weighted by molar-refractivity contribution is 6.11. The maximum Gasteiger partial charge on any atom is 0.188 e. The maximum atomic E-state index is 7.80. The lowest BCUT2D eigenvalue weighted by Crippen LogP contribution is -2.34. The Labute approximate surface area is 341 Å². The molecule has 0 aliphatic carbocycles. The van der Waals surface area contributed by atoms with Crippen LogP contribution in [0.4, 0.5) is 5.69 Å². The van der Waals surface area contributed by atoms with E-state index in [0.29, 0.717) is 5.69 Å². The summed E-state index contributed by atoms with van der Waals surface area (Å²) in [4.78, 5) is 13.3. The molecule has 0 bridgehead atoms. The van der Waals surface area contributed by atoms with Crippen molar-refractivity contribution in [2.24, 2.45) is 0 Å². The number of aromatic nitrogens is 3. The van der Waals surface area contributed by atoms with Gasteiger partial charge in [-0.2, -0.15) is 0 Å². The van der Waals surface area contributed by atoms with Gasteiger partial charge in [0, 0.05) is 45.7 Å². The number of rotatable bonds is 6. The van der Waals surface area contributed by atoms with E-state index in [1.54, 1.807) is 6.20 Å². The summed E-state index contributed by atoms with van der Waals surface area (Å²) < 4.78 is 9.18. The molecule has 7 aromatic carbocycles. The fraction of sp³-hybridized carbons (Fsp3) is 0.0185. The van der Waals surface area contributed by atoms with Gasteiger partial charge in [0.05, 0.1) is 34.4 Å². The molecule has 5 heteroatoms. The first-order chi connectivity index (χ1) is 29.2. The Morgan fingerprint density at radius 2 is 1.07 bits per heavy atom. The number of nitrogens with zero attached hydrogens (tertiary/aromatic N) is 4. The number of hydrogen-bond acceptors (Lipinski definition) is 3. The second-order valence-electron chi connectivity index (χ2n) is 14.9. The SMILES string of the molecule is [C-]#[N+]c1ccc2c(c1)c1cc(-c3ccc4c(c3)C(c3ccccc3)(c3ccccc3)c3cc(-c5cccc(-c6cccnc6)n5)ccc3O4)ccc1n2-c1ccccc1. The Kier molecular flexibility index (Phi) is 8.02. The number of para-hydroxylation sites is 1. The molecule has 11 rings (SSSR count).